The zero-order valence-corrected chi connectivity index (χ0v) is 18.2. The molecule has 0 aliphatic carbocycles. The van der Waals surface area contributed by atoms with Gasteiger partial charge in [0.05, 0.1) is 0 Å². The van der Waals surface area contributed by atoms with Crippen molar-refractivity contribution in [3.63, 3.8) is 0 Å². The molecule has 2 saturated heterocycles. The maximum Gasteiger partial charge on any atom is 0.154 e. The van der Waals surface area contributed by atoms with E-state index in [1.54, 1.807) is 6.07 Å². The average Bonchev–Trinajstić information content (AvgIpc) is 3.16. The smallest absolute Gasteiger partial charge is 0.154 e. The molecule has 3 heterocycles. The van der Waals surface area contributed by atoms with Crippen molar-refractivity contribution in [1.29, 1.82) is 0 Å². The number of hydrogen-bond donors (Lipinski definition) is 1. The molecular formula is C23H31FN6. The van der Waals surface area contributed by atoms with Gasteiger partial charge in [-0.15, -0.1) is 10.2 Å². The summed E-state index contributed by atoms with van der Waals surface area (Å²) in [6, 6.07) is 5.21. The summed E-state index contributed by atoms with van der Waals surface area (Å²) in [6.07, 6.45) is 3.23. The van der Waals surface area contributed by atoms with Gasteiger partial charge in [0.15, 0.2) is 5.82 Å². The van der Waals surface area contributed by atoms with Gasteiger partial charge >= 0.3 is 0 Å². The summed E-state index contributed by atoms with van der Waals surface area (Å²) in [5.41, 5.74) is 3.85. The molecule has 2 aliphatic heterocycles. The van der Waals surface area contributed by atoms with Crippen LogP contribution in [-0.2, 0) is 6.42 Å². The van der Waals surface area contributed by atoms with Crippen LogP contribution in [0, 0.1) is 11.2 Å². The van der Waals surface area contributed by atoms with Gasteiger partial charge in [0.2, 0.25) is 0 Å². The Kier molecular flexibility index (Phi) is 5.73. The first-order valence-corrected chi connectivity index (χ1v) is 10.8. The standard InChI is InChI=1S/C23H31FN6/c1-5-30(16(2)3)17(4)20-11-19(24)7-6-18(20)10-21-22(26-15-27-28-21)29-9-8-23(14-29)12-25-13-23/h6-7,11,15-16,25H,4-5,8-10,12-14H2,1-3H3. The predicted octanol–water partition coefficient (Wildman–Crippen LogP) is 3.10. The van der Waals surface area contributed by atoms with Gasteiger partial charge in [-0.3, -0.25) is 0 Å². The summed E-state index contributed by atoms with van der Waals surface area (Å²) in [6.45, 7) is 15.5. The maximum absolute atomic E-state index is 14.2. The number of benzene rings is 1. The Bertz CT molecular complexity index is 924. The van der Waals surface area contributed by atoms with Gasteiger partial charge in [-0.2, -0.15) is 0 Å². The molecule has 0 radical (unpaired) electrons. The lowest BCUT2D eigenvalue weighted by Gasteiger charge is -2.39. The molecule has 0 atom stereocenters. The van der Waals surface area contributed by atoms with Gasteiger partial charge < -0.3 is 15.1 Å². The molecule has 30 heavy (non-hydrogen) atoms. The van der Waals surface area contributed by atoms with Gasteiger partial charge in [-0.1, -0.05) is 12.6 Å². The lowest BCUT2D eigenvalue weighted by Crippen LogP contribution is -2.54. The molecular weight excluding hydrogens is 379 g/mol. The van der Waals surface area contributed by atoms with Gasteiger partial charge in [0.1, 0.15) is 17.8 Å². The molecule has 0 bridgehead atoms. The Labute approximate surface area is 178 Å². The third kappa shape index (κ3) is 3.90. The molecule has 1 spiro atoms. The molecule has 1 aromatic carbocycles. The lowest BCUT2D eigenvalue weighted by atomic mass is 9.81. The van der Waals surface area contributed by atoms with E-state index in [9.17, 15) is 4.39 Å². The summed E-state index contributed by atoms with van der Waals surface area (Å²) < 4.78 is 14.2. The van der Waals surface area contributed by atoms with Crippen molar-refractivity contribution < 1.29 is 4.39 Å². The Morgan fingerprint density at radius 1 is 1.37 bits per heavy atom. The number of hydrogen-bond acceptors (Lipinski definition) is 6. The highest BCUT2D eigenvalue weighted by atomic mass is 19.1. The maximum atomic E-state index is 14.2. The molecule has 160 valence electrons. The predicted molar refractivity (Wildman–Crippen MR) is 118 cm³/mol. The fourth-order valence-electron chi connectivity index (χ4n) is 4.73. The van der Waals surface area contributed by atoms with Gasteiger partial charge in [-0.25, -0.2) is 9.37 Å². The SMILES string of the molecule is C=C(c1cc(F)ccc1Cc1nncnc1N1CCC2(CNC2)C1)N(CC)C(C)C. The van der Waals surface area contributed by atoms with Crippen LogP contribution in [0.25, 0.3) is 5.70 Å². The molecule has 0 amide bonds. The van der Waals surface area contributed by atoms with Crippen LogP contribution in [0.15, 0.2) is 31.1 Å². The minimum atomic E-state index is -0.258. The summed E-state index contributed by atoms with van der Waals surface area (Å²) in [4.78, 5) is 9.09. The second-order valence-corrected chi connectivity index (χ2v) is 8.81. The van der Waals surface area contributed by atoms with Gasteiger partial charge in [-0.05, 0) is 44.9 Å². The molecule has 2 fully saturated rings. The van der Waals surface area contributed by atoms with E-state index < -0.39 is 0 Å². The lowest BCUT2D eigenvalue weighted by molar-refractivity contribution is 0.199. The minimum absolute atomic E-state index is 0.258. The zero-order valence-electron chi connectivity index (χ0n) is 18.2. The first-order chi connectivity index (χ1) is 14.4. The minimum Gasteiger partial charge on any atom is -0.369 e. The van der Waals surface area contributed by atoms with Crippen LogP contribution in [0.2, 0.25) is 0 Å². The topological polar surface area (TPSA) is 57.2 Å². The number of aromatic nitrogens is 3. The molecule has 7 heteroatoms. The fourth-order valence-corrected chi connectivity index (χ4v) is 4.73. The second kappa shape index (κ2) is 8.30. The quantitative estimate of drug-likeness (QED) is 0.757. The molecule has 6 nitrogen and oxygen atoms in total. The Balaban J connectivity index is 1.63. The average molecular weight is 411 g/mol. The highest BCUT2D eigenvalue weighted by molar-refractivity contribution is 5.66. The third-order valence-electron chi connectivity index (χ3n) is 6.46. The Morgan fingerprint density at radius 3 is 2.80 bits per heavy atom. The highest BCUT2D eigenvalue weighted by Crippen LogP contribution is 2.37. The summed E-state index contributed by atoms with van der Waals surface area (Å²) in [7, 11) is 0. The molecule has 4 rings (SSSR count). The van der Waals surface area contributed by atoms with Crippen molar-refractivity contribution in [2.24, 2.45) is 5.41 Å². The first kappa shape index (κ1) is 20.7. The van der Waals surface area contributed by atoms with E-state index in [2.05, 4.69) is 57.6 Å². The summed E-state index contributed by atoms with van der Waals surface area (Å²) in [5.74, 6) is 0.636. The molecule has 1 N–H and O–H groups in total. The fraction of sp³-hybridized carbons (Fsp3) is 0.522. The normalized spacial score (nSPS) is 17.4. The number of nitrogens with one attached hydrogen (secondary N) is 1. The van der Waals surface area contributed by atoms with Crippen molar-refractivity contribution in [2.75, 3.05) is 37.6 Å². The molecule has 2 aliphatic rings. The largest absolute Gasteiger partial charge is 0.369 e. The van der Waals surface area contributed by atoms with E-state index in [0.29, 0.717) is 11.8 Å². The van der Waals surface area contributed by atoms with Crippen LogP contribution in [0.3, 0.4) is 0 Å². The van der Waals surface area contributed by atoms with Gasteiger partial charge in [0.25, 0.3) is 0 Å². The van der Waals surface area contributed by atoms with E-state index in [1.807, 2.05) is 6.07 Å². The first-order valence-electron chi connectivity index (χ1n) is 10.8. The molecule has 0 unspecified atom stereocenters. The van der Waals surface area contributed by atoms with Crippen LogP contribution >= 0.6 is 0 Å². The van der Waals surface area contributed by atoms with Crippen molar-refractivity contribution >= 4 is 11.5 Å². The monoisotopic (exact) mass is 410 g/mol. The number of rotatable bonds is 7. The van der Waals surface area contributed by atoms with E-state index >= 15 is 0 Å². The second-order valence-electron chi connectivity index (χ2n) is 8.81. The van der Waals surface area contributed by atoms with Crippen LogP contribution in [0.5, 0.6) is 0 Å². The Morgan fingerprint density at radius 2 is 2.17 bits per heavy atom. The molecule has 1 aromatic heterocycles. The van der Waals surface area contributed by atoms with E-state index in [0.717, 1.165) is 61.1 Å². The van der Waals surface area contributed by atoms with Crippen LogP contribution < -0.4 is 10.2 Å². The summed E-state index contributed by atoms with van der Waals surface area (Å²) >= 11 is 0. The molecule has 0 saturated carbocycles. The zero-order chi connectivity index (χ0) is 21.3. The van der Waals surface area contributed by atoms with Gasteiger partial charge in [0, 0.05) is 61.9 Å². The van der Waals surface area contributed by atoms with Crippen LogP contribution in [-0.4, -0.2) is 58.8 Å². The van der Waals surface area contributed by atoms with Crippen molar-refractivity contribution in [3.8, 4) is 0 Å². The number of nitrogens with zero attached hydrogens (tertiary/aromatic N) is 5. The Hall–Kier alpha value is -2.54. The number of anilines is 1. The van der Waals surface area contributed by atoms with Crippen LogP contribution in [0.1, 0.15) is 44.0 Å². The van der Waals surface area contributed by atoms with E-state index in [1.165, 1.54) is 18.8 Å². The number of halogens is 1. The highest BCUT2D eigenvalue weighted by Gasteiger charge is 2.43. The van der Waals surface area contributed by atoms with Crippen molar-refractivity contribution in [2.45, 2.75) is 39.7 Å². The third-order valence-corrected chi connectivity index (χ3v) is 6.46. The molecule has 2 aromatic rings. The van der Waals surface area contributed by atoms with E-state index in [4.69, 9.17) is 0 Å². The summed E-state index contributed by atoms with van der Waals surface area (Å²) in [5, 5.41) is 11.9. The van der Waals surface area contributed by atoms with Crippen LogP contribution in [0.4, 0.5) is 10.2 Å². The van der Waals surface area contributed by atoms with Crippen molar-refractivity contribution in [3.05, 3.63) is 53.7 Å². The van der Waals surface area contributed by atoms with Crippen molar-refractivity contribution in [1.82, 2.24) is 25.4 Å². The van der Waals surface area contributed by atoms with E-state index in [-0.39, 0.29) is 11.9 Å².